The Hall–Kier alpha value is -2.07. The standard InChI is InChI=1S/C22H38N4O2Si/c1-8-9-13-23-22(28)26-21-24-19(15-20(27)25-21)12-10-11-14-29(16(2)3,17(4)5)18(6)7/h15-18H,8-10,12-13H2,1-7H3,(H3,23,24,25,26,27,28). The number of nitrogens with one attached hydrogen (secondary N) is 3. The molecule has 29 heavy (non-hydrogen) atoms. The highest BCUT2D eigenvalue weighted by Crippen LogP contribution is 2.40. The summed E-state index contributed by atoms with van der Waals surface area (Å²) in [6, 6.07) is 1.11. The van der Waals surface area contributed by atoms with E-state index in [1.54, 1.807) is 0 Å². The van der Waals surface area contributed by atoms with Gasteiger partial charge in [-0.1, -0.05) is 54.9 Å². The first-order chi connectivity index (χ1) is 13.6. The number of hydrogen-bond donors (Lipinski definition) is 3. The van der Waals surface area contributed by atoms with Crippen LogP contribution < -0.4 is 16.2 Å². The van der Waals surface area contributed by atoms with Crippen LogP contribution in [0.1, 0.15) is 73.4 Å². The summed E-state index contributed by atoms with van der Waals surface area (Å²) in [6.45, 7) is 16.4. The van der Waals surface area contributed by atoms with Gasteiger partial charge in [-0.2, -0.15) is 0 Å². The maximum absolute atomic E-state index is 11.9. The molecule has 0 unspecified atom stereocenters. The lowest BCUT2D eigenvalue weighted by atomic mass is 10.2. The third-order valence-electron chi connectivity index (χ3n) is 5.52. The molecule has 162 valence electrons. The fourth-order valence-corrected chi connectivity index (χ4v) is 9.36. The van der Waals surface area contributed by atoms with Crippen molar-refractivity contribution >= 4 is 20.1 Å². The Morgan fingerprint density at radius 3 is 2.34 bits per heavy atom. The second kappa shape index (κ2) is 11.8. The van der Waals surface area contributed by atoms with Crippen LogP contribution in [0.15, 0.2) is 10.9 Å². The molecule has 0 aromatic carbocycles. The summed E-state index contributed by atoms with van der Waals surface area (Å²) in [5, 5.41) is 5.34. The summed E-state index contributed by atoms with van der Waals surface area (Å²) in [5.74, 6) is 3.56. The van der Waals surface area contributed by atoms with E-state index in [4.69, 9.17) is 0 Å². The number of rotatable bonds is 9. The Morgan fingerprint density at radius 2 is 1.79 bits per heavy atom. The average Bonchev–Trinajstić information content (AvgIpc) is 2.60. The summed E-state index contributed by atoms with van der Waals surface area (Å²) in [5.41, 5.74) is 5.83. The van der Waals surface area contributed by atoms with Crippen LogP contribution in [-0.2, 0) is 6.42 Å². The Bertz CT molecular complexity index is 753. The molecule has 1 aromatic heterocycles. The number of nitrogens with zero attached hydrogens (tertiary/aromatic N) is 1. The fourth-order valence-electron chi connectivity index (χ4n) is 4.06. The molecule has 6 nitrogen and oxygen atoms in total. The van der Waals surface area contributed by atoms with E-state index in [0.29, 0.717) is 41.7 Å². The van der Waals surface area contributed by atoms with Crippen molar-refractivity contribution in [1.82, 2.24) is 15.3 Å². The number of amides is 2. The Labute approximate surface area is 176 Å². The lowest BCUT2D eigenvalue weighted by molar-refractivity contribution is 0.252. The van der Waals surface area contributed by atoms with Gasteiger partial charge in [0.15, 0.2) is 0 Å². The number of hydrogen-bond acceptors (Lipinski definition) is 3. The monoisotopic (exact) mass is 418 g/mol. The van der Waals surface area contributed by atoms with Crippen LogP contribution in [-0.4, -0.2) is 30.6 Å². The van der Waals surface area contributed by atoms with Crippen LogP contribution in [0, 0.1) is 11.5 Å². The summed E-state index contributed by atoms with van der Waals surface area (Å²) >= 11 is 0. The number of unbranched alkanes of at least 4 members (excludes halogenated alkanes) is 1. The van der Waals surface area contributed by atoms with Crippen molar-refractivity contribution in [2.45, 2.75) is 90.8 Å². The lowest BCUT2D eigenvalue weighted by Gasteiger charge is -2.38. The highest BCUT2D eigenvalue weighted by Gasteiger charge is 2.41. The van der Waals surface area contributed by atoms with Crippen LogP contribution in [0.5, 0.6) is 0 Å². The molecule has 0 radical (unpaired) electrons. The van der Waals surface area contributed by atoms with Gasteiger partial charge in [-0.15, -0.1) is 11.5 Å². The average molecular weight is 419 g/mol. The van der Waals surface area contributed by atoms with Crippen LogP contribution in [0.4, 0.5) is 10.7 Å². The molecule has 0 aliphatic carbocycles. The van der Waals surface area contributed by atoms with E-state index in [9.17, 15) is 9.59 Å². The lowest BCUT2D eigenvalue weighted by Crippen LogP contribution is -2.43. The minimum absolute atomic E-state index is 0.171. The number of carbonyl (C=O) groups excluding carboxylic acids is 1. The maximum atomic E-state index is 11.9. The zero-order valence-corrected chi connectivity index (χ0v) is 20.1. The van der Waals surface area contributed by atoms with Crippen LogP contribution >= 0.6 is 0 Å². The number of anilines is 1. The SMILES string of the molecule is CCCCNC(=O)Nc1nc(CCC#C[Si](C(C)C)(C(C)C)C(C)C)cc(=O)[nH]1. The van der Waals surface area contributed by atoms with Crippen molar-refractivity contribution in [3.8, 4) is 11.5 Å². The molecule has 7 heteroatoms. The first-order valence-corrected chi connectivity index (χ1v) is 13.0. The van der Waals surface area contributed by atoms with E-state index in [1.807, 2.05) is 0 Å². The predicted molar refractivity (Wildman–Crippen MR) is 124 cm³/mol. The molecule has 1 aromatic rings. The fraction of sp³-hybridized carbons (Fsp3) is 0.682. The van der Waals surface area contributed by atoms with Crippen LogP contribution in [0.3, 0.4) is 0 Å². The van der Waals surface area contributed by atoms with Gasteiger partial charge in [0.05, 0.1) is 5.69 Å². The van der Waals surface area contributed by atoms with E-state index < -0.39 is 8.07 Å². The van der Waals surface area contributed by atoms with Crippen molar-refractivity contribution in [1.29, 1.82) is 0 Å². The van der Waals surface area contributed by atoms with E-state index >= 15 is 0 Å². The topological polar surface area (TPSA) is 86.9 Å². The van der Waals surface area contributed by atoms with Gasteiger partial charge in [-0.3, -0.25) is 15.1 Å². The zero-order valence-electron chi connectivity index (χ0n) is 19.1. The Morgan fingerprint density at radius 1 is 1.17 bits per heavy atom. The van der Waals surface area contributed by atoms with Gasteiger partial charge in [0.1, 0.15) is 8.07 Å². The smallest absolute Gasteiger partial charge is 0.321 e. The van der Waals surface area contributed by atoms with Crippen molar-refractivity contribution < 1.29 is 4.79 Å². The number of urea groups is 1. The second-order valence-corrected chi connectivity index (χ2v) is 14.1. The summed E-state index contributed by atoms with van der Waals surface area (Å²) in [7, 11) is -1.74. The van der Waals surface area contributed by atoms with Crippen LogP contribution in [0.2, 0.25) is 16.6 Å². The van der Waals surface area contributed by atoms with E-state index in [1.165, 1.54) is 6.07 Å². The molecule has 2 amide bonds. The molecule has 0 saturated heterocycles. The first kappa shape index (κ1) is 25.0. The molecule has 0 aliphatic heterocycles. The molecule has 0 fully saturated rings. The molecule has 0 atom stereocenters. The highest BCUT2D eigenvalue weighted by atomic mass is 28.3. The quantitative estimate of drug-likeness (QED) is 0.304. The normalized spacial score (nSPS) is 11.5. The number of carbonyl (C=O) groups is 1. The largest absolute Gasteiger partial charge is 0.338 e. The van der Waals surface area contributed by atoms with Gasteiger partial charge in [-0.25, -0.2) is 9.78 Å². The van der Waals surface area contributed by atoms with Crippen LogP contribution in [0.25, 0.3) is 0 Å². The number of aryl methyl sites for hydroxylation is 1. The van der Waals surface area contributed by atoms with Crippen molar-refractivity contribution in [2.75, 3.05) is 11.9 Å². The zero-order chi connectivity index (χ0) is 22.0. The van der Waals surface area contributed by atoms with Gasteiger partial charge < -0.3 is 5.32 Å². The molecular weight excluding hydrogens is 380 g/mol. The third kappa shape index (κ3) is 7.35. The second-order valence-electron chi connectivity index (χ2n) is 8.52. The molecule has 0 aliphatic rings. The molecule has 0 spiro atoms. The molecule has 1 rings (SSSR count). The van der Waals surface area contributed by atoms with Gasteiger partial charge in [0.25, 0.3) is 5.56 Å². The Kier molecular flexibility index (Phi) is 10.2. The number of aromatic nitrogens is 2. The maximum Gasteiger partial charge on any atom is 0.321 e. The number of aromatic amines is 1. The molecule has 0 saturated carbocycles. The van der Waals surface area contributed by atoms with E-state index in [-0.39, 0.29) is 17.5 Å². The van der Waals surface area contributed by atoms with Gasteiger partial charge in [0.2, 0.25) is 5.95 Å². The summed E-state index contributed by atoms with van der Waals surface area (Å²) in [6.07, 6.45) is 3.14. The molecule has 0 bridgehead atoms. The Balaban J connectivity index is 2.83. The molecule has 3 N–H and O–H groups in total. The highest BCUT2D eigenvalue weighted by molar-refractivity contribution is 6.90. The van der Waals surface area contributed by atoms with E-state index in [2.05, 4.69) is 80.5 Å². The van der Waals surface area contributed by atoms with Crippen molar-refractivity contribution in [3.63, 3.8) is 0 Å². The van der Waals surface area contributed by atoms with Gasteiger partial charge in [-0.05, 0) is 23.0 Å². The predicted octanol–water partition coefficient (Wildman–Crippen LogP) is 4.85. The molecular formula is C22H38N4O2Si. The summed E-state index contributed by atoms with van der Waals surface area (Å²) in [4.78, 5) is 30.7. The third-order valence-corrected chi connectivity index (χ3v) is 11.9. The first-order valence-electron chi connectivity index (χ1n) is 10.8. The minimum Gasteiger partial charge on any atom is -0.338 e. The van der Waals surface area contributed by atoms with E-state index in [0.717, 1.165) is 12.8 Å². The molecule has 1 heterocycles. The summed E-state index contributed by atoms with van der Waals surface area (Å²) < 4.78 is 0. The minimum atomic E-state index is -1.74. The van der Waals surface area contributed by atoms with Gasteiger partial charge in [0, 0.05) is 25.5 Å². The number of H-pyrrole nitrogens is 1. The van der Waals surface area contributed by atoms with Crippen molar-refractivity contribution in [2.24, 2.45) is 0 Å². The van der Waals surface area contributed by atoms with Crippen molar-refractivity contribution in [3.05, 3.63) is 22.1 Å². The van der Waals surface area contributed by atoms with Gasteiger partial charge >= 0.3 is 6.03 Å².